The minimum atomic E-state index is -0.170. The van der Waals surface area contributed by atoms with E-state index in [1.165, 1.54) is 0 Å². The number of hydrogen-bond acceptors (Lipinski definition) is 3. The highest BCUT2D eigenvalue weighted by Gasteiger charge is 2.09. The van der Waals surface area contributed by atoms with Gasteiger partial charge in [0.15, 0.2) is 0 Å². The Morgan fingerprint density at radius 1 is 1.47 bits per heavy atom. The lowest BCUT2D eigenvalue weighted by Gasteiger charge is -2.06. The van der Waals surface area contributed by atoms with Crippen LogP contribution < -0.4 is 5.32 Å². The molecule has 0 fully saturated rings. The van der Waals surface area contributed by atoms with Crippen molar-refractivity contribution >= 4 is 17.5 Å². The van der Waals surface area contributed by atoms with Gasteiger partial charge >= 0.3 is 0 Å². The van der Waals surface area contributed by atoms with Crippen LogP contribution in [0, 0.1) is 0 Å². The van der Waals surface area contributed by atoms with E-state index in [-0.39, 0.29) is 5.91 Å². The fourth-order valence-corrected chi connectivity index (χ4v) is 1.95. The van der Waals surface area contributed by atoms with Crippen LogP contribution in [-0.4, -0.2) is 20.9 Å². The average molecular weight is 279 g/mol. The Morgan fingerprint density at radius 2 is 2.32 bits per heavy atom. The number of amides is 1. The molecule has 0 aromatic carbocycles. The van der Waals surface area contributed by atoms with Gasteiger partial charge in [-0.15, -0.1) is 0 Å². The number of carbonyl (C=O) groups excluding carboxylic acids is 1. The van der Waals surface area contributed by atoms with Gasteiger partial charge in [0, 0.05) is 17.5 Å². The molecule has 6 heteroatoms. The average Bonchev–Trinajstić information content (AvgIpc) is 2.88. The largest absolute Gasteiger partial charge is 0.347 e. The van der Waals surface area contributed by atoms with Gasteiger partial charge in [-0.05, 0) is 18.6 Å². The Balaban J connectivity index is 2.05. The van der Waals surface area contributed by atoms with Gasteiger partial charge in [0.05, 0.1) is 18.6 Å². The Labute approximate surface area is 116 Å². The summed E-state index contributed by atoms with van der Waals surface area (Å²) in [6, 6.07) is 3.35. The first-order chi connectivity index (χ1) is 9.19. The molecular weight excluding hydrogens is 264 g/mol. The molecule has 2 rings (SSSR count). The van der Waals surface area contributed by atoms with Crippen molar-refractivity contribution in [2.75, 3.05) is 0 Å². The van der Waals surface area contributed by atoms with Crippen molar-refractivity contribution in [3.8, 4) is 0 Å². The number of rotatable bonds is 5. The monoisotopic (exact) mass is 278 g/mol. The predicted molar refractivity (Wildman–Crippen MR) is 73.0 cm³/mol. The number of aromatic amines is 1. The van der Waals surface area contributed by atoms with E-state index in [1.54, 1.807) is 24.7 Å². The van der Waals surface area contributed by atoms with Gasteiger partial charge in [-0.1, -0.05) is 24.9 Å². The number of H-pyrrole nitrogens is 1. The van der Waals surface area contributed by atoms with E-state index in [2.05, 4.69) is 27.2 Å². The van der Waals surface area contributed by atoms with Gasteiger partial charge in [0.2, 0.25) is 0 Å². The summed E-state index contributed by atoms with van der Waals surface area (Å²) in [5, 5.41) is 3.15. The van der Waals surface area contributed by atoms with E-state index >= 15 is 0 Å². The zero-order valence-corrected chi connectivity index (χ0v) is 11.4. The summed E-state index contributed by atoms with van der Waals surface area (Å²) in [6.45, 7) is 2.46. The van der Waals surface area contributed by atoms with Gasteiger partial charge in [0.1, 0.15) is 5.15 Å². The summed E-state index contributed by atoms with van der Waals surface area (Å²) in [6.07, 6.45) is 5.01. The molecule has 0 aliphatic heterocycles. The fourth-order valence-electron chi connectivity index (χ4n) is 1.73. The summed E-state index contributed by atoms with van der Waals surface area (Å²) < 4.78 is 0. The molecule has 19 heavy (non-hydrogen) atoms. The summed E-state index contributed by atoms with van der Waals surface area (Å²) >= 11 is 5.92. The van der Waals surface area contributed by atoms with Crippen molar-refractivity contribution in [2.24, 2.45) is 0 Å². The van der Waals surface area contributed by atoms with E-state index in [4.69, 9.17) is 11.6 Å². The number of halogens is 1. The standard InChI is InChI=1S/C13H15ClN4O/c1-2-3-10-4-9(5-12(14)18-10)13(19)16-7-11-6-15-8-17-11/h4-6,8H,2-3,7H2,1H3,(H,15,17)(H,16,19). The molecule has 2 aromatic rings. The lowest BCUT2D eigenvalue weighted by atomic mass is 10.1. The lowest BCUT2D eigenvalue weighted by Crippen LogP contribution is -2.23. The van der Waals surface area contributed by atoms with Crippen LogP contribution in [0.5, 0.6) is 0 Å². The van der Waals surface area contributed by atoms with Crippen molar-refractivity contribution in [1.29, 1.82) is 0 Å². The number of aromatic nitrogens is 3. The van der Waals surface area contributed by atoms with E-state index in [9.17, 15) is 4.79 Å². The van der Waals surface area contributed by atoms with Crippen LogP contribution in [0.1, 0.15) is 35.1 Å². The molecule has 0 spiro atoms. The molecule has 0 radical (unpaired) electrons. The first-order valence-electron chi connectivity index (χ1n) is 6.11. The van der Waals surface area contributed by atoms with E-state index in [0.29, 0.717) is 17.3 Å². The molecule has 0 aliphatic carbocycles. The van der Waals surface area contributed by atoms with E-state index in [0.717, 1.165) is 24.2 Å². The van der Waals surface area contributed by atoms with Crippen LogP contribution >= 0.6 is 11.6 Å². The molecule has 2 N–H and O–H groups in total. The Morgan fingerprint density at radius 3 is 3.00 bits per heavy atom. The molecule has 2 heterocycles. The second-order valence-corrected chi connectivity index (χ2v) is 4.57. The topological polar surface area (TPSA) is 70.7 Å². The number of aryl methyl sites for hydroxylation is 1. The second kappa shape index (κ2) is 6.33. The van der Waals surface area contributed by atoms with Gasteiger partial charge in [-0.2, -0.15) is 0 Å². The van der Waals surface area contributed by atoms with Gasteiger partial charge in [0.25, 0.3) is 5.91 Å². The van der Waals surface area contributed by atoms with Crippen molar-refractivity contribution in [3.63, 3.8) is 0 Å². The second-order valence-electron chi connectivity index (χ2n) is 4.18. The maximum atomic E-state index is 12.0. The molecule has 0 aliphatic rings. The Hall–Kier alpha value is -1.88. The number of nitrogens with one attached hydrogen (secondary N) is 2. The molecule has 0 saturated heterocycles. The predicted octanol–water partition coefficient (Wildman–Crippen LogP) is 2.34. The van der Waals surface area contributed by atoms with Gasteiger partial charge in [-0.25, -0.2) is 9.97 Å². The summed E-state index contributed by atoms with van der Waals surface area (Å²) in [7, 11) is 0. The molecule has 0 saturated carbocycles. The maximum absolute atomic E-state index is 12.0. The third kappa shape index (κ3) is 3.79. The molecule has 0 atom stereocenters. The van der Waals surface area contributed by atoms with Gasteiger partial charge < -0.3 is 10.3 Å². The molecule has 2 aromatic heterocycles. The first-order valence-corrected chi connectivity index (χ1v) is 6.48. The maximum Gasteiger partial charge on any atom is 0.251 e. The number of pyridine rings is 1. The van der Waals surface area contributed by atoms with Gasteiger partial charge in [-0.3, -0.25) is 4.79 Å². The number of carbonyl (C=O) groups is 1. The van der Waals surface area contributed by atoms with E-state index in [1.807, 2.05) is 0 Å². The third-order valence-electron chi connectivity index (χ3n) is 2.61. The molecule has 0 unspecified atom stereocenters. The van der Waals surface area contributed by atoms with Crippen LogP contribution in [0.15, 0.2) is 24.7 Å². The Kier molecular flexibility index (Phi) is 4.52. The SMILES string of the molecule is CCCc1cc(C(=O)NCc2cnc[nH]2)cc(Cl)n1. The van der Waals surface area contributed by atoms with Crippen LogP contribution in [0.4, 0.5) is 0 Å². The summed E-state index contributed by atoms with van der Waals surface area (Å²) in [5.41, 5.74) is 2.21. The highest BCUT2D eigenvalue weighted by atomic mass is 35.5. The van der Waals surface area contributed by atoms with Crippen LogP contribution in [0.3, 0.4) is 0 Å². The molecule has 1 amide bonds. The molecule has 100 valence electrons. The Bertz CT molecular complexity index is 554. The first kappa shape index (κ1) is 13.5. The van der Waals surface area contributed by atoms with Crippen LogP contribution in [-0.2, 0) is 13.0 Å². The highest BCUT2D eigenvalue weighted by Crippen LogP contribution is 2.12. The zero-order valence-electron chi connectivity index (χ0n) is 10.6. The molecule has 5 nitrogen and oxygen atoms in total. The molecular formula is C13H15ClN4O. The third-order valence-corrected chi connectivity index (χ3v) is 2.80. The lowest BCUT2D eigenvalue weighted by molar-refractivity contribution is 0.0950. The van der Waals surface area contributed by atoms with Crippen molar-refractivity contribution < 1.29 is 4.79 Å². The fraction of sp³-hybridized carbons (Fsp3) is 0.308. The smallest absolute Gasteiger partial charge is 0.251 e. The quantitative estimate of drug-likeness (QED) is 0.825. The molecule has 0 bridgehead atoms. The van der Waals surface area contributed by atoms with Crippen LogP contribution in [0.2, 0.25) is 5.15 Å². The number of imidazole rings is 1. The minimum absolute atomic E-state index is 0.170. The highest BCUT2D eigenvalue weighted by molar-refractivity contribution is 6.29. The number of hydrogen-bond donors (Lipinski definition) is 2. The normalized spacial score (nSPS) is 10.4. The minimum Gasteiger partial charge on any atom is -0.347 e. The van der Waals surface area contributed by atoms with Crippen molar-refractivity contribution in [3.05, 3.63) is 46.8 Å². The summed E-state index contributed by atoms with van der Waals surface area (Å²) in [4.78, 5) is 23.0. The van der Waals surface area contributed by atoms with E-state index < -0.39 is 0 Å². The van der Waals surface area contributed by atoms with Crippen molar-refractivity contribution in [2.45, 2.75) is 26.3 Å². The van der Waals surface area contributed by atoms with Crippen molar-refractivity contribution in [1.82, 2.24) is 20.3 Å². The van der Waals surface area contributed by atoms with Crippen LogP contribution in [0.25, 0.3) is 0 Å². The summed E-state index contributed by atoms with van der Waals surface area (Å²) in [5.74, 6) is -0.170. The zero-order chi connectivity index (χ0) is 13.7. The number of nitrogens with zero attached hydrogens (tertiary/aromatic N) is 2.